The molecule has 2 aliphatic heterocycles. The lowest BCUT2D eigenvalue weighted by Crippen LogP contribution is -2.74. The first-order chi connectivity index (χ1) is 17.9. The molecule has 11 heteroatoms. The van der Waals surface area contributed by atoms with E-state index in [-0.39, 0.29) is 34.6 Å². The van der Waals surface area contributed by atoms with Crippen LogP contribution in [0.3, 0.4) is 0 Å². The zero-order valence-electron chi connectivity index (χ0n) is 21.9. The van der Waals surface area contributed by atoms with Crippen LogP contribution in [0.15, 0.2) is 24.4 Å². The Labute approximate surface area is 219 Å². The number of hydrogen-bond acceptors (Lipinski definition) is 5. The highest BCUT2D eigenvalue weighted by Gasteiger charge is 2.77. The third kappa shape index (κ3) is 3.51. The molecule has 4 fully saturated rings. The second kappa shape index (κ2) is 8.09. The van der Waals surface area contributed by atoms with Crippen molar-refractivity contribution in [3.8, 4) is 5.69 Å². The SMILES string of the molecule is C=c1c(=C(OC2(N)C3COCC34CN(C(=O)OC3(C)CC3)CC42)[N+](=C)C)c[n+](C)n1-c1ccc(F)cc1F. The Kier molecular flexibility index (Phi) is 5.32. The summed E-state index contributed by atoms with van der Waals surface area (Å²) in [7, 11) is 3.44. The molecule has 2 saturated heterocycles. The molecule has 0 bridgehead atoms. The summed E-state index contributed by atoms with van der Waals surface area (Å²) in [4.78, 5) is 14.7. The molecule has 2 saturated carbocycles. The maximum absolute atomic E-state index is 14.7. The summed E-state index contributed by atoms with van der Waals surface area (Å²) in [6.45, 7) is 11.9. The molecule has 38 heavy (non-hydrogen) atoms. The minimum atomic E-state index is -1.13. The van der Waals surface area contributed by atoms with E-state index in [2.05, 4.69) is 13.3 Å². The standard InChI is InChI=1S/C27H33F2N5O4/c1-16-18(11-32(5)34(16)20-7-6-17(28)10-19(20)29)23(31(3)4)37-27(30)21-12-33(24(35)38-25(2)8-9-25)14-26(21)15-36-13-22(26)27/h6-7,10-11,21-22H,1,3,8-9,12-15,30H2,2,4-5H3/q+2. The van der Waals surface area contributed by atoms with Crippen LogP contribution < -0.4 is 21.0 Å². The molecule has 1 amide bonds. The molecule has 2 N–H and O–H groups in total. The maximum Gasteiger partial charge on any atom is 0.410 e. The van der Waals surface area contributed by atoms with Gasteiger partial charge in [-0.25, -0.2) is 13.6 Å². The lowest BCUT2D eigenvalue weighted by atomic mass is 9.50. The Morgan fingerprint density at radius 2 is 2.03 bits per heavy atom. The monoisotopic (exact) mass is 529 g/mol. The van der Waals surface area contributed by atoms with Crippen LogP contribution in [0.2, 0.25) is 0 Å². The molecule has 3 heterocycles. The first-order valence-corrected chi connectivity index (χ1v) is 12.7. The van der Waals surface area contributed by atoms with Gasteiger partial charge in [-0.05, 0) is 31.9 Å². The Morgan fingerprint density at radius 1 is 1.29 bits per heavy atom. The average Bonchev–Trinajstić information content (AvgIpc) is 3.18. The molecule has 4 atom stereocenters. The van der Waals surface area contributed by atoms with Crippen LogP contribution in [-0.4, -0.2) is 71.6 Å². The number of nitrogens with zero attached hydrogens (tertiary/aromatic N) is 4. The lowest BCUT2D eigenvalue weighted by Gasteiger charge is -2.58. The Morgan fingerprint density at radius 3 is 2.68 bits per heavy atom. The fourth-order valence-corrected chi connectivity index (χ4v) is 6.49. The number of carbonyl (C=O) groups excluding carboxylic acids is 1. The van der Waals surface area contributed by atoms with Crippen molar-refractivity contribution in [1.29, 1.82) is 0 Å². The van der Waals surface area contributed by atoms with Gasteiger partial charge in [0.05, 0.1) is 13.2 Å². The molecule has 4 unspecified atom stereocenters. The van der Waals surface area contributed by atoms with Crippen molar-refractivity contribution in [3.63, 3.8) is 0 Å². The van der Waals surface area contributed by atoms with Crippen molar-refractivity contribution in [1.82, 2.24) is 9.58 Å². The molecule has 1 aromatic carbocycles. The van der Waals surface area contributed by atoms with Gasteiger partial charge in [0, 0.05) is 36.4 Å². The third-order valence-electron chi connectivity index (χ3n) is 8.75. The summed E-state index contributed by atoms with van der Waals surface area (Å²) < 4.78 is 51.1. The van der Waals surface area contributed by atoms with Crippen LogP contribution in [0.4, 0.5) is 13.6 Å². The summed E-state index contributed by atoms with van der Waals surface area (Å²) in [5.41, 5.74) is 5.34. The molecule has 9 nitrogen and oxygen atoms in total. The third-order valence-corrected chi connectivity index (χ3v) is 8.75. The first-order valence-electron chi connectivity index (χ1n) is 12.7. The first kappa shape index (κ1) is 25.0. The molecule has 2 aliphatic carbocycles. The minimum Gasteiger partial charge on any atom is -0.443 e. The molecule has 6 rings (SSSR count). The molecule has 2 aromatic rings. The van der Waals surface area contributed by atoms with E-state index in [1.165, 1.54) is 16.8 Å². The summed E-state index contributed by atoms with van der Waals surface area (Å²) in [6.07, 6.45) is 3.15. The normalized spacial score (nSPS) is 31.3. The number of carbonyl (C=O) groups is 1. The predicted octanol–water partition coefficient (Wildman–Crippen LogP) is 0.338. The number of amides is 1. The van der Waals surface area contributed by atoms with E-state index in [0.29, 0.717) is 42.8 Å². The smallest absolute Gasteiger partial charge is 0.410 e. The number of aryl methyl sites for hydroxylation is 1. The average molecular weight is 530 g/mol. The molecule has 4 aliphatic rings. The van der Waals surface area contributed by atoms with Crippen molar-refractivity contribution in [2.45, 2.75) is 31.1 Å². The summed E-state index contributed by atoms with van der Waals surface area (Å²) >= 11 is 0. The number of hydrogen-bond donors (Lipinski definition) is 1. The highest BCUT2D eigenvalue weighted by molar-refractivity contribution is 5.69. The van der Waals surface area contributed by atoms with Gasteiger partial charge in [-0.15, -0.1) is 9.36 Å². The highest BCUT2D eigenvalue weighted by Crippen LogP contribution is 2.64. The van der Waals surface area contributed by atoms with Crippen LogP contribution in [0.1, 0.15) is 19.8 Å². The summed E-state index contributed by atoms with van der Waals surface area (Å²) in [5, 5.41) is 0.959. The second-order valence-corrected chi connectivity index (χ2v) is 11.5. The summed E-state index contributed by atoms with van der Waals surface area (Å²) in [6, 6.07) is 3.37. The van der Waals surface area contributed by atoms with Gasteiger partial charge < -0.3 is 19.1 Å². The van der Waals surface area contributed by atoms with Gasteiger partial charge in [0.1, 0.15) is 36.2 Å². The van der Waals surface area contributed by atoms with Crippen molar-refractivity contribution in [3.05, 3.63) is 46.6 Å². The Bertz CT molecular complexity index is 1490. The Hall–Kier alpha value is -3.31. The van der Waals surface area contributed by atoms with Crippen LogP contribution >= 0.6 is 0 Å². The molecule has 0 radical (unpaired) electrons. The molecule has 1 spiro atoms. The number of halogens is 2. The van der Waals surface area contributed by atoms with Crippen molar-refractivity contribution in [2.24, 2.45) is 30.0 Å². The maximum atomic E-state index is 14.7. The van der Waals surface area contributed by atoms with Gasteiger partial charge in [0.2, 0.25) is 6.20 Å². The van der Waals surface area contributed by atoms with Gasteiger partial charge in [-0.1, -0.05) is 6.58 Å². The second-order valence-electron chi connectivity index (χ2n) is 11.5. The number of nitrogens with two attached hydrogens (primary N) is 1. The van der Waals surface area contributed by atoms with Gasteiger partial charge in [0.25, 0.3) is 0 Å². The Balaban J connectivity index is 1.36. The van der Waals surface area contributed by atoms with E-state index >= 15 is 0 Å². The minimum absolute atomic E-state index is 0.139. The lowest BCUT2D eigenvalue weighted by molar-refractivity contribution is -0.745. The van der Waals surface area contributed by atoms with E-state index in [1.54, 1.807) is 34.4 Å². The number of rotatable bonds is 5. The topological polar surface area (TPSA) is 85.8 Å². The van der Waals surface area contributed by atoms with E-state index < -0.39 is 17.4 Å². The fraction of sp³-hybridized carbons (Fsp3) is 0.519. The van der Waals surface area contributed by atoms with Crippen LogP contribution in [0, 0.1) is 28.9 Å². The number of ether oxygens (including phenoxy) is 3. The molecular formula is C27H33F2N5O4+2. The van der Waals surface area contributed by atoms with Crippen molar-refractivity contribution >= 4 is 25.3 Å². The predicted molar refractivity (Wildman–Crippen MR) is 132 cm³/mol. The quantitative estimate of drug-likeness (QED) is 0.343. The largest absolute Gasteiger partial charge is 0.443 e. The number of aromatic nitrogens is 2. The van der Waals surface area contributed by atoms with Gasteiger partial charge in [0.15, 0.2) is 23.8 Å². The van der Waals surface area contributed by atoms with Crippen LogP contribution in [0.25, 0.3) is 18.1 Å². The van der Waals surface area contributed by atoms with E-state index in [0.717, 1.165) is 18.9 Å². The van der Waals surface area contributed by atoms with E-state index in [9.17, 15) is 13.6 Å². The summed E-state index contributed by atoms with van der Waals surface area (Å²) in [5.74, 6) is -1.38. The van der Waals surface area contributed by atoms with Gasteiger partial charge >= 0.3 is 12.0 Å². The number of benzene rings is 1. The molecule has 1 aromatic heterocycles. The zero-order chi connectivity index (χ0) is 27.2. The molecule has 202 valence electrons. The van der Waals surface area contributed by atoms with Gasteiger partial charge in [-0.2, -0.15) is 4.58 Å². The van der Waals surface area contributed by atoms with Gasteiger partial charge in [-0.3, -0.25) is 5.73 Å². The van der Waals surface area contributed by atoms with Crippen LogP contribution in [-0.2, 0) is 21.3 Å². The van der Waals surface area contributed by atoms with Crippen molar-refractivity contribution in [2.75, 3.05) is 33.4 Å². The highest BCUT2D eigenvalue weighted by atomic mass is 19.1. The van der Waals surface area contributed by atoms with E-state index in [4.69, 9.17) is 19.9 Å². The van der Waals surface area contributed by atoms with E-state index in [1.807, 2.05) is 6.92 Å². The number of likely N-dealkylation sites (tertiary alicyclic amines) is 1. The fourth-order valence-electron chi connectivity index (χ4n) is 6.49. The zero-order valence-corrected chi connectivity index (χ0v) is 21.9. The molecular weight excluding hydrogens is 496 g/mol. The van der Waals surface area contributed by atoms with Crippen LogP contribution in [0.5, 0.6) is 0 Å². The van der Waals surface area contributed by atoms with Crippen molar-refractivity contribution < 1.29 is 37.0 Å².